The van der Waals surface area contributed by atoms with Crippen LogP contribution >= 0.6 is 0 Å². The van der Waals surface area contributed by atoms with Gasteiger partial charge in [-0.15, -0.1) is 0 Å². The van der Waals surface area contributed by atoms with E-state index in [-0.39, 0.29) is 0 Å². The van der Waals surface area contributed by atoms with Crippen LogP contribution in [-0.2, 0) is 20.6 Å². The van der Waals surface area contributed by atoms with E-state index in [1.165, 1.54) is 0 Å². The molecular formula is C14H38O5Si5. The van der Waals surface area contributed by atoms with Gasteiger partial charge in [0.25, 0.3) is 0 Å². The van der Waals surface area contributed by atoms with E-state index < -0.39 is 42.8 Å². The Kier molecular flexibility index (Phi) is 7.15. The van der Waals surface area contributed by atoms with Crippen LogP contribution in [0.2, 0.25) is 65.0 Å². The summed E-state index contributed by atoms with van der Waals surface area (Å²) in [4.78, 5) is 0. The predicted octanol–water partition coefficient (Wildman–Crippen LogP) is 5.01. The van der Waals surface area contributed by atoms with Crippen LogP contribution in [-0.4, -0.2) is 42.8 Å². The van der Waals surface area contributed by atoms with Gasteiger partial charge in [0, 0.05) is 0 Å². The molecule has 0 amide bonds. The molecule has 24 heavy (non-hydrogen) atoms. The number of hydrogen-bond donors (Lipinski definition) is 0. The smallest absolute Gasteiger partial charge is 0.317 e. The third-order valence-corrected chi connectivity index (χ3v) is 24.4. The van der Waals surface area contributed by atoms with Crippen molar-refractivity contribution < 1.29 is 20.6 Å². The van der Waals surface area contributed by atoms with Crippen molar-refractivity contribution in [1.29, 1.82) is 0 Å². The average Bonchev–Trinajstić information content (AvgIpc) is 2.18. The summed E-state index contributed by atoms with van der Waals surface area (Å²) in [6.45, 7) is 23.6. The Morgan fingerprint density at radius 2 is 0.875 bits per heavy atom. The van der Waals surface area contributed by atoms with Crippen LogP contribution in [0.15, 0.2) is 0 Å². The maximum Gasteiger partial charge on any atom is 0.317 e. The van der Waals surface area contributed by atoms with Crippen LogP contribution in [0.25, 0.3) is 0 Å². The fourth-order valence-corrected chi connectivity index (χ4v) is 31.2. The molecule has 0 spiro atoms. The van der Waals surface area contributed by atoms with Crippen molar-refractivity contribution >= 4 is 42.8 Å². The highest BCUT2D eigenvalue weighted by Gasteiger charge is 2.52. The van der Waals surface area contributed by atoms with Crippen LogP contribution in [0.4, 0.5) is 0 Å². The predicted molar refractivity (Wildman–Crippen MR) is 111 cm³/mol. The standard InChI is InChI=1S/C14H38O5Si5/c1-12-14(2)13-24(11)18-22(7,8)16-20(3,4)15-21(5,6)17-23(9,10)19-24/h14H,12-13H2,1-11H3. The molecule has 5 nitrogen and oxygen atoms in total. The highest BCUT2D eigenvalue weighted by atomic mass is 28.5. The monoisotopic (exact) mass is 426 g/mol. The molecule has 1 aliphatic rings. The van der Waals surface area contributed by atoms with Crippen molar-refractivity contribution in [3.63, 3.8) is 0 Å². The lowest BCUT2D eigenvalue weighted by molar-refractivity contribution is 0.233. The van der Waals surface area contributed by atoms with Crippen molar-refractivity contribution in [3.05, 3.63) is 0 Å². The van der Waals surface area contributed by atoms with Gasteiger partial charge in [-0.25, -0.2) is 0 Å². The molecule has 0 N–H and O–H groups in total. The fraction of sp³-hybridized carbons (Fsp3) is 1.00. The Morgan fingerprint density at radius 3 is 1.17 bits per heavy atom. The van der Waals surface area contributed by atoms with Crippen molar-refractivity contribution in [2.45, 2.75) is 85.2 Å². The Hall–Kier alpha value is 0.884. The molecule has 0 saturated carbocycles. The zero-order valence-electron chi connectivity index (χ0n) is 17.5. The van der Waals surface area contributed by atoms with Crippen molar-refractivity contribution in [2.75, 3.05) is 0 Å². The summed E-state index contributed by atoms with van der Waals surface area (Å²) in [5, 5.41) is 0. The van der Waals surface area contributed by atoms with Gasteiger partial charge >= 0.3 is 42.8 Å². The molecule has 0 radical (unpaired) electrons. The minimum absolute atomic E-state index is 0.575. The molecule has 0 bridgehead atoms. The topological polar surface area (TPSA) is 46.2 Å². The Bertz CT molecular complexity index is 411. The largest absolute Gasteiger partial charge is 0.416 e. The first-order valence-corrected chi connectivity index (χ1v) is 22.8. The van der Waals surface area contributed by atoms with E-state index in [0.717, 1.165) is 12.5 Å². The summed E-state index contributed by atoms with van der Waals surface area (Å²) >= 11 is 0. The SMILES string of the molecule is CCC(C)C[Si]1(C)O[Si](C)(C)O[Si](C)(C)O[Si](C)(C)O[Si](C)(C)O1. The number of rotatable bonds is 3. The van der Waals surface area contributed by atoms with Crippen molar-refractivity contribution in [3.8, 4) is 0 Å². The fourth-order valence-electron chi connectivity index (χ4n) is 3.78. The lowest BCUT2D eigenvalue weighted by atomic mass is 10.2. The molecule has 1 fully saturated rings. The minimum atomic E-state index is -2.39. The molecule has 0 aliphatic carbocycles. The van der Waals surface area contributed by atoms with Gasteiger partial charge in [-0.1, -0.05) is 20.3 Å². The maximum absolute atomic E-state index is 6.67. The number of hydrogen-bond acceptors (Lipinski definition) is 5. The quantitative estimate of drug-likeness (QED) is 0.594. The van der Waals surface area contributed by atoms with Crippen LogP contribution in [0.1, 0.15) is 20.3 Å². The van der Waals surface area contributed by atoms with Crippen LogP contribution in [0.3, 0.4) is 0 Å². The first-order chi connectivity index (χ1) is 10.5. The Labute approximate surface area is 154 Å². The molecule has 0 aromatic rings. The summed E-state index contributed by atoms with van der Waals surface area (Å²) in [7, 11) is -11.7. The molecule has 1 saturated heterocycles. The van der Waals surface area contributed by atoms with E-state index in [0.29, 0.717) is 5.92 Å². The molecular weight excluding hydrogens is 389 g/mol. The second kappa shape index (κ2) is 7.48. The zero-order chi connectivity index (χ0) is 19.0. The Balaban J connectivity index is 3.24. The van der Waals surface area contributed by atoms with E-state index in [1.807, 2.05) is 0 Å². The highest BCUT2D eigenvalue weighted by molar-refractivity contribution is 6.93. The molecule has 1 unspecified atom stereocenters. The first kappa shape index (κ1) is 22.9. The van der Waals surface area contributed by atoms with Gasteiger partial charge < -0.3 is 20.6 Å². The normalized spacial score (nSPS) is 29.6. The summed E-state index contributed by atoms with van der Waals surface area (Å²) in [5.41, 5.74) is 0. The van der Waals surface area contributed by atoms with Gasteiger partial charge in [0.15, 0.2) is 0 Å². The third kappa shape index (κ3) is 7.64. The molecule has 1 atom stereocenters. The summed E-state index contributed by atoms with van der Waals surface area (Å²) in [5.74, 6) is 0.575. The first-order valence-electron chi connectivity index (χ1n) is 9.00. The maximum atomic E-state index is 6.67. The van der Waals surface area contributed by atoms with E-state index in [1.54, 1.807) is 0 Å². The molecule has 144 valence electrons. The second-order valence-corrected chi connectivity index (χ2v) is 26.9. The van der Waals surface area contributed by atoms with Crippen LogP contribution in [0.5, 0.6) is 0 Å². The average molecular weight is 427 g/mol. The molecule has 0 aromatic heterocycles. The lowest BCUT2D eigenvalue weighted by Gasteiger charge is -2.47. The molecule has 1 heterocycles. The summed E-state index contributed by atoms with van der Waals surface area (Å²) in [6.07, 6.45) is 1.13. The highest BCUT2D eigenvalue weighted by Crippen LogP contribution is 2.34. The third-order valence-electron chi connectivity index (χ3n) is 3.81. The summed E-state index contributed by atoms with van der Waals surface area (Å²) < 4.78 is 32.7. The Morgan fingerprint density at radius 1 is 0.583 bits per heavy atom. The molecule has 1 aliphatic heterocycles. The van der Waals surface area contributed by atoms with Gasteiger partial charge in [0.1, 0.15) is 0 Å². The molecule has 0 aromatic carbocycles. The van der Waals surface area contributed by atoms with E-state index in [2.05, 4.69) is 72.8 Å². The summed E-state index contributed by atoms with van der Waals surface area (Å²) in [6, 6.07) is 0.980. The van der Waals surface area contributed by atoms with E-state index in [4.69, 9.17) is 20.6 Å². The van der Waals surface area contributed by atoms with Gasteiger partial charge in [0.05, 0.1) is 0 Å². The van der Waals surface area contributed by atoms with Crippen LogP contribution in [0, 0.1) is 5.92 Å². The van der Waals surface area contributed by atoms with Gasteiger partial charge in [-0.3, -0.25) is 0 Å². The molecule has 1 rings (SSSR count). The lowest BCUT2D eigenvalue weighted by Crippen LogP contribution is -2.65. The minimum Gasteiger partial charge on any atom is -0.416 e. The van der Waals surface area contributed by atoms with Crippen molar-refractivity contribution in [1.82, 2.24) is 0 Å². The molecule has 10 heteroatoms. The second-order valence-electron chi connectivity index (χ2n) is 8.96. The van der Waals surface area contributed by atoms with Gasteiger partial charge in [-0.2, -0.15) is 0 Å². The van der Waals surface area contributed by atoms with E-state index >= 15 is 0 Å². The zero-order valence-corrected chi connectivity index (χ0v) is 22.5. The van der Waals surface area contributed by atoms with Crippen LogP contribution < -0.4 is 0 Å². The van der Waals surface area contributed by atoms with Gasteiger partial charge in [0.2, 0.25) is 0 Å². The van der Waals surface area contributed by atoms with Gasteiger partial charge in [-0.05, 0) is 70.9 Å². The van der Waals surface area contributed by atoms with Crippen molar-refractivity contribution in [2.24, 2.45) is 5.92 Å². The van der Waals surface area contributed by atoms with E-state index in [9.17, 15) is 0 Å².